The normalized spacial score (nSPS) is 12.8. The first-order valence-corrected chi connectivity index (χ1v) is 7.99. The molecule has 0 aliphatic heterocycles. The SMILES string of the molecule is CCc1oc2ccccc2c1C(N)c1cc(Cl)ccc1Br. The number of fused-ring (bicyclic) bond motifs is 1. The van der Waals surface area contributed by atoms with Crippen LogP contribution in [0.5, 0.6) is 0 Å². The maximum atomic E-state index is 6.52. The highest BCUT2D eigenvalue weighted by molar-refractivity contribution is 9.10. The second kappa shape index (κ2) is 5.84. The van der Waals surface area contributed by atoms with Gasteiger partial charge in [0, 0.05) is 26.9 Å². The minimum absolute atomic E-state index is 0.281. The predicted molar refractivity (Wildman–Crippen MR) is 90.8 cm³/mol. The maximum Gasteiger partial charge on any atom is 0.134 e. The van der Waals surface area contributed by atoms with Crippen LogP contribution in [0.4, 0.5) is 0 Å². The first kappa shape index (κ1) is 14.6. The van der Waals surface area contributed by atoms with Crippen LogP contribution < -0.4 is 5.73 Å². The molecule has 0 bridgehead atoms. The van der Waals surface area contributed by atoms with Crippen LogP contribution in [0.3, 0.4) is 0 Å². The van der Waals surface area contributed by atoms with Crippen molar-refractivity contribution in [1.29, 1.82) is 0 Å². The van der Waals surface area contributed by atoms with E-state index in [-0.39, 0.29) is 6.04 Å². The Balaban J connectivity index is 2.21. The number of benzene rings is 2. The number of nitrogens with two attached hydrogens (primary N) is 1. The molecule has 0 fully saturated rings. The fraction of sp³-hybridized carbons (Fsp3) is 0.176. The smallest absolute Gasteiger partial charge is 0.134 e. The molecule has 3 rings (SSSR count). The van der Waals surface area contributed by atoms with Crippen molar-refractivity contribution in [3.8, 4) is 0 Å². The quantitative estimate of drug-likeness (QED) is 0.670. The van der Waals surface area contributed by atoms with Crippen molar-refractivity contribution in [2.75, 3.05) is 0 Å². The molecular weight excluding hydrogens is 350 g/mol. The van der Waals surface area contributed by atoms with Gasteiger partial charge in [0.05, 0.1) is 6.04 Å². The molecule has 0 aliphatic carbocycles. The maximum absolute atomic E-state index is 6.52. The Labute approximate surface area is 137 Å². The highest BCUT2D eigenvalue weighted by Crippen LogP contribution is 2.36. The molecule has 0 radical (unpaired) electrons. The summed E-state index contributed by atoms with van der Waals surface area (Å²) in [5.41, 5.74) is 9.40. The Morgan fingerprint density at radius 2 is 2.00 bits per heavy atom. The zero-order valence-corrected chi connectivity index (χ0v) is 13.9. The van der Waals surface area contributed by atoms with Gasteiger partial charge in [-0.3, -0.25) is 0 Å². The van der Waals surface area contributed by atoms with Gasteiger partial charge >= 0.3 is 0 Å². The number of halogens is 2. The van der Waals surface area contributed by atoms with E-state index in [0.717, 1.165) is 38.7 Å². The van der Waals surface area contributed by atoms with Crippen molar-refractivity contribution >= 4 is 38.5 Å². The molecule has 1 atom stereocenters. The Morgan fingerprint density at radius 3 is 2.76 bits per heavy atom. The predicted octanol–water partition coefficient (Wildman–Crippen LogP) is 5.46. The molecule has 108 valence electrons. The molecule has 1 aromatic heterocycles. The largest absolute Gasteiger partial charge is 0.461 e. The van der Waals surface area contributed by atoms with Crippen LogP contribution in [0.25, 0.3) is 11.0 Å². The van der Waals surface area contributed by atoms with E-state index in [9.17, 15) is 0 Å². The minimum atomic E-state index is -0.281. The lowest BCUT2D eigenvalue weighted by Gasteiger charge is -2.15. The van der Waals surface area contributed by atoms with Gasteiger partial charge in [0.2, 0.25) is 0 Å². The summed E-state index contributed by atoms with van der Waals surface area (Å²) in [5, 5.41) is 1.74. The Hall–Kier alpha value is -1.29. The Bertz CT molecular complexity index is 797. The minimum Gasteiger partial charge on any atom is -0.461 e. The highest BCUT2D eigenvalue weighted by Gasteiger charge is 2.22. The van der Waals surface area contributed by atoms with E-state index >= 15 is 0 Å². The van der Waals surface area contributed by atoms with Crippen molar-refractivity contribution in [3.63, 3.8) is 0 Å². The third kappa shape index (κ3) is 2.61. The fourth-order valence-corrected chi connectivity index (χ4v) is 3.30. The van der Waals surface area contributed by atoms with E-state index < -0.39 is 0 Å². The zero-order chi connectivity index (χ0) is 15.0. The molecule has 2 aromatic carbocycles. The highest BCUT2D eigenvalue weighted by atomic mass is 79.9. The molecule has 0 spiro atoms. The summed E-state index contributed by atoms with van der Waals surface area (Å²) in [6.45, 7) is 2.07. The fourth-order valence-electron chi connectivity index (χ4n) is 2.63. The molecule has 3 aromatic rings. The van der Waals surface area contributed by atoms with Crippen LogP contribution in [0.1, 0.15) is 29.9 Å². The molecule has 1 unspecified atom stereocenters. The summed E-state index contributed by atoms with van der Waals surface area (Å²) >= 11 is 9.67. The van der Waals surface area contributed by atoms with Crippen LogP contribution in [0.2, 0.25) is 5.02 Å². The molecule has 1 heterocycles. The van der Waals surface area contributed by atoms with E-state index in [0.29, 0.717) is 5.02 Å². The van der Waals surface area contributed by atoms with Crippen LogP contribution in [-0.2, 0) is 6.42 Å². The molecule has 0 amide bonds. The molecule has 21 heavy (non-hydrogen) atoms. The second-order valence-corrected chi connectivity index (χ2v) is 6.22. The van der Waals surface area contributed by atoms with Gasteiger partial charge in [-0.15, -0.1) is 0 Å². The van der Waals surface area contributed by atoms with E-state index in [1.807, 2.05) is 42.5 Å². The van der Waals surface area contributed by atoms with Gasteiger partial charge in [-0.25, -0.2) is 0 Å². The molecule has 2 nitrogen and oxygen atoms in total. The second-order valence-electron chi connectivity index (χ2n) is 4.93. The first-order valence-electron chi connectivity index (χ1n) is 6.82. The van der Waals surface area contributed by atoms with Gasteiger partial charge < -0.3 is 10.2 Å². The average molecular weight is 365 g/mol. The van der Waals surface area contributed by atoms with Crippen LogP contribution in [0, 0.1) is 0 Å². The number of hydrogen-bond donors (Lipinski definition) is 1. The van der Waals surface area contributed by atoms with Gasteiger partial charge in [-0.05, 0) is 29.8 Å². The average Bonchev–Trinajstić information content (AvgIpc) is 2.87. The molecule has 0 aliphatic rings. The summed E-state index contributed by atoms with van der Waals surface area (Å²) in [7, 11) is 0. The third-order valence-corrected chi connectivity index (χ3v) is 4.59. The summed E-state index contributed by atoms with van der Waals surface area (Å²) in [5.74, 6) is 0.926. The van der Waals surface area contributed by atoms with E-state index in [1.54, 1.807) is 0 Å². The summed E-state index contributed by atoms with van der Waals surface area (Å²) in [4.78, 5) is 0. The molecule has 0 saturated heterocycles. The topological polar surface area (TPSA) is 39.2 Å². The van der Waals surface area contributed by atoms with Gasteiger partial charge in [0.25, 0.3) is 0 Å². The number of hydrogen-bond acceptors (Lipinski definition) is 2. The van der Waals surface area contributed by atoms with Crippen molar-refractivity contribution in [1.82, 2.24) is 0 Å². The third-order valence-electron chi connectivity index (χ3n) is 3.64. The van der Waals surface area contributed by atoms with Gasteiger partial charge in [0.15, 0.2) is 0 Å². The van der Waals surface area contributed by atoms with Crippen LogP contribution >= 0.6 is 27.5 Å². The van der Waals surface area contributed by atoms with E-state index in [4.69, 9.17) is 21.8 Å². The zero-order valence-electron chi connectivity index (χ0n) is 11.6. The van der Waals surface area contributed by atoms with Crippen molar-refractivity contribution < 1.29 is 4.42 Å². The first-order chi connectivity index (χ1) is 10.1. The number of aryl methyl sites for hydroxylation is 1. The van der Waals surface area contributed by atoms with Crippen molar-refractivity contribution in [2.45, 2.75) is 19.4 Å². The standard InChI is InChI=1S/C17H15BrClNO/c1-2-14-16(11-5-3-4-6-15(11)21-14)17(20)12-9-10(19)7-8-13(12)18/h3-9,17H,2,20H2,1H3. The van der Waals surface area contributed by atoms with Gasteiger partial charge in [-0.2, -0.15) is 0 Å². The molecule has 0 saturated carbocycles. The lowest BCUT2D eigenvalue weighted by molar-refractivity contribution is 0.546. The number of furan rings is 1. The summed E-state index contributed by atoms with van der Waals surface area (Å²) < 4.78 is 6.88. The van der Waals surface area contributed by atoms with Crippen LogP contribution in [-0.4, -0.2) is 0 Å². The molecular formula is C17H15BrClNO. The monoisotopic (exact) mass is 363 g/mol. The molecule has 2 N–H and O–H groups in total. The van der Waals surface area contributed by atoms with Gasteiger partial charge in [-0.1, -0.05) is 52.7 Å². The number of para-hydroxylation sites is 1. The lowest BCUT2D eigenvalue weighted by atomic mass is 9.96. The summed E-state index contributed by atoms with van der Waals surface area (Å²) in [6, 6.07) is 13.4. The van der Waals surface area contributed by atoms with Gasteiger partial charge in [0.1, 0.15) is 11.3 Å². The molecule has 4 heteroatoms. The Kier molecular flexibility index (Phi) is 4.07. The van der Waals surface area contributed by atoms with Crippen LogP contribution in [0.15, 0.2) is 51.4 Å². The lowest BCUT2D eigenvalue weighted by Crippen LogP contribution is -2.13. The Morgan fingerprint density at radius 1 is 1.24 bits per heavy atom. The summed E-state index contributed by atoms with van der Waals surface area (Å²) in [6.07, 6.45) is 0.801. The number of rotatable bonds is 3. The van der Waals surface area contributed by atoms with Crippen molar-refractivity contribution in [3.05, 3.63) is 68.8 Å². The van der Waals surface area contributed by atoms with E-state index in [1.165, 1.54) is 0 Å². The van der Waals surface area contributed by atoms with Crippen molar-refractivity contribution in [2.24, 2.45) is 5.73 Å². The van der Waals surface area contributed by atoms with E-state index in [2.05, 4.69) is 22.9 Å².